The number of aryl methyl sites for hydroxylation is 1. The van der Waals surface area contributed by atoms with Gasteiger partial charge in [-0.05, 0) is 13.3 Å². The molecule has 1 atom stereocenters. The molecule has 1 unspecified atom stereocenters. The molecule has 0 aliphatic carbocycles. The summed E-state index contributed by atoms with van der Waals surface area (Å²) < 4.78 is 0. The Hall–Kier alpha value is -1.63. The summed E-state index contributed by atoms with van der Waals surface area (Å²) in [6, 6.07) is -0.305. The second kappa shape index (κ2) is 6.95. The first-order valence-electron chi connectivity index (χ1n) is 5.64. The van der Waals surface area contributed by atoms with Gasteiger partial charge in [-0.25, -0.2) is 9.78 Å². The minimum atomic E-state index is -0.851. The molecule has 0 bridgehead atoms. The molecule has 0 spiro atoms. The Labute approximate surface area is 109 Å². The molecular formula is C11H17N3O3S. The summed E-state index contributed by atoms with van der Waals surface area (Å²) in [5.74, 6) is -1.30. The Balaban J connectivity index is 2.16. The van der Waals surface area contributed by atoms with Crippen LogP contribution < -0.4 is 10.6 Å². The summed E-state index contributed by atoms with van der Waals surface area (Å²) in [4.78, 5) is 26.1. The Bertz CT molecular complexity index is 419. The van der Waals surface area contributed by atoms with E-state index in [-0.39, 0.29) is 6.03 Å². The number of carbonyl (C=O) groups is 2. The van der Waals surface area contributed by atoms with Crippen molar-refractivity contribution in [2.24, 2.45) is 5.92 Å². The van der Waals surface area contributed by atoms with E-state index in [0.29, 0.717) is 19.5 Å². The monoisotopic (exact) mass is 271 g/mol. The summed E-state index contributed by atoms with van der Waals surface area (Å²) in [6.07, 6.45) is 0.416. The molecule has 0 saturated heterocycles. The lowest BCUT2D eigenvalue weighted by atomic mass is 10.1. The summed E-state index contributed by atoms with van der Waals surface area (Å²) in [7, 11) is 0. The van der Waals surface area contributed by atoms with Gasteiger partial charge in [-0.1, -0.05) is 6.92 Å². The van der Waals surface area contributed by atoms with E-state index < -0.39 is 11.9 Å². The molecule has 0 aliphatic heterocycles. The van der Waals surface area contributed by atoms with Crippen LogP contribution in [0, 0.1) is 12.8 Å². The van der Waals surface area contributed by atoms with E-state index in [0.717, 1.165) is 10.7 Å². The Kier molecular flexibility index (Phi) is 5.57. The van der Waals surface area contributed by atoms with Crippen LogP contribution in [0.3, 0.4) is 0 Å². The van der Waals surface area contributed by atoms with E-state index in [9.17, 15) is 9.59 Å². The highest BCUT2D eigenvalue weighted by Crippen LogP contribution is 2.07. The number of aromatic nitrogens is 1. The first kappa shape index (κ1) is 14.4. The van der Waals surface area contributed by atoms with Crippen LogP contribution in [0.1, 0.15) is 24.0 Å². The molecule has 0 saturated carbocycles. The minimum Gasteiger partial charge on any atom is -0.481 e. The zero-order valence-corrected chi connectivity index (χ0v) is 11.2. The average Bonchev–Trinajstić information content (AvgIpc) is 2.72. The molecule has 1 rings (SSSR count). The molecule has 0 aromatic carbocycles. The van der Waals surface area contributed by atoms with E-state index in [1.165, 1.54) is 11.3 Å². The van der Waals surface area contributed by atoms with Crippen molar-refractivity contribution in [1.82, 2.24) is 15.6 Å². The number of amides is 2. The number of hydrogen-bond acceptors (Lipinski definition) is 4. The zero-order chi connectivity index (χ0) is 13.5. The highest BCUT2D eigenvalue weighted by Gasteiger charge is 2.10. The van der Waals surface area contributed by atoms with Crippen LogP contribution in [-0.2, 0) is 11.3 Å². The molecule has 7 heteroatoms. The van der Waals surface area contributed by atoms with Crippen LogP contribution >= 0.6 is 11.3 Å². The molecule has 100 valence electrons. The van der Waals surface area contributed by atoms with Crippen LogP contribution in [0.25, 0.3) is 0 Å². The maximum absolute atomic E-state index is 11.4. The Morgan fingerprint density at radius 1 is 1.50 bits per heavy atom. The third-order valence-corrected chi connectivity index (χ3v) is 3.32. The number of nitrogens with zero attached hydrogens (tertiary/aromatic N) is 1. The number of carboxylic acid groups (broad SMARTS) is 1. The van der Waals surface area contributed by atoms with Crippen LogP contribution in [0.15, 0.2) is 5.38 Å². The van der Waals surface area contributed by atoms with Crippen LogP contribution in [-0.4, -0.2) is 28.6 Å². The maximum atomic E-state index is 11.4. The van der Waals surface area contributed by atoms with Gasteiger partial charge in [0.2, 0.25) is 0 Å². The largest absolute Gasteiger partial charge is 0.481 e. The zero-order valence-electron chi connectivity index (χ0n) is 10.4. The van der Waals surface area contributed by atoms with Gasteiger partial charge in [0.15, 0.2) is 0 Å². The van der Waals surface area contributed by atoms with Gasteiger partial charge >= 0.3 is 12.0 Å². The Morgan fingerprint density at radius 3 is 2.78 bits per heavy atom. The Morgan fingerprint density at radius 2 is 2.22 bits per heavy atom. The molecule has 1 heterocycles. The molecule has 0 fully saturated rings. The van der Waals surface area contributed by atoms with Gasteiger partial charge in [-0.2, -0.15) is 0 Å². The fourth-order valence-corrected chi connectivity index (χ4v) is 1.94. The standard InChI is InChI=1S/C11H17N3O3S/c1-7(10(15)16)3-4-12-11(17)13-5-9-14-8(2)6-18-9/h6-7H,3-5H2,1-2H3,(H,15,16)(H2,12,13,17). The third kappa shape index (κ3) is 5.13. The van der Waals surface area contributed by atoms with Gasteiger partial charge in [-0.3, -0.25) is 4.79 Å². The van der Waals surface area contributed by atoms with Gasteiger partial charge in [0.05, 0.1) is 12.5 Å². The van der Waals surface area contributed by atoms with Crippen molar-refractivity contribution in [3.8, 4) is 0 Å². The minimum absolute atomic E-state index is 0.305. The van der Waals surface area contributed by atoms with Gasteiger partial charge < -0.3 is 15.7 Å². The summed E-state index contributed by atoms with van der Waals surface area (Å²) >= 11 is 1.49. The lowest BCUT2D eigenvalue weighted by molar-refractivity contribution is -0.141. The van der Waals surface area contributed by atoms with Gasteiger partial charge in [0.1, 0.15) is 5.01 Å². The van der Waals surface area contributed by atoms with E-state index in [1.54, 1.807) is 6.92 Å². The molecular weight excluding hydrogens is 254 g/mol. The fourth-order valence-electron chi connectivity index (χ4n) is 1.23. The number of carbonyl (C=O) groups excluding carboxylic acids is 1. The van der Waals surface area contributed by atoms with Gasteiger partial charge in [0, 0.05) is 17.6 Å². The first-order valence-corrected chi connectivity index (χ1v) is 6.52. The summed E-state index contributed by atoms with van der Waals surface area (Å²) in [5.41, 5.74) is 0.937. The number of hydrogen-bond donors (Lipinski definition) is 3. The molecule has 0 radical (unpaired) electrons. The van der Waals surface area contributed by atoms with Crippen molar-refractivity contribution in [3.63, 3.8) is 0 Å². The maximum Gasteiger partial charge on any atom is 0.315 e. The highest BCUT2D eigenvalue weighted by atomic mass is 32.1. The number of thiazole rings is 1. The average molecular weight is 271 g/mol. The van der Waals surface area contributed by atoms with Crippen LogP contribution in [0.4, 0.5) is 4.79 Å². The first-order chi connectivity index (χ1) is 8.49. The van der Waals surface area contributed by atoms with E-state index in [1.807, 2.05) is 12.3 Å². The van der Waals surface area contributed by atoms with Gasteiger partial charge in [0.25, 0.3) is 0 Å². The summed E-state index contributed by atoms with van der Waals surface area (Å²) in [5, 5.41) is 16.7. The van der Waals surface area contributed by atoms with E-state index >= 15 is 0 Å². The lowest BCUT2D eigenvalue weighted by Crippen LogP contribution is -2.36. The van der Waals surface area contributed by atoms with E-state index in [2.05, 4.69) is 15.6 Å². The van der Waals surface area contributed by atoms with Crippen LogP contribution in [0.2, 0.25) is 0 Å². The molecule has 2 amide bonds. The predicted molar refractivity (Wildman–Crippen MR) is 68.5 cm³/mol. The van der Waals surface area contributed by atoms with Crippen molar-refractivity contribution in [2.75, 3.05) is 6.54 Å². The van der Waals surface area contributed by atoms with E-state index in [4.69, 9.17) is 5.11 Å². The number of nitrogens with one attached hydrogen (secondary N) is 2. The number of aliphatic carboxylic acids is 1. The van der Waals surface area contributed by atoms with Crippen LogP contribution in [0.5, 0.6) is 0 Å². The molecule has 1 aromatic heterocycles. The molecule has 6 nitrogen and oxygen atoms in total. The van der Waals surface area contributed by atoms with Gasteiger partial charge in [-0.15, -0.1) is 11.3 Å². The smallest absolute Gasteiger partial charge is 0.315 e. The quantitative estimate of drug-likeness (QED) is 0.728. The molecule has 1 aromatic rings. The number of rotatable bonds is 6. The highest BCUT2D eigenvalue weighted by molar-refractivity contribution is 7.09. The van der Waals surface area contributed by atoms with Crippen molar-refractivity contribution in [1.29, 1.82) is 0 Å². The summed E-state index contributed by atoms with van der Waals surface area (Å²) in [6.45, 7) is 4.24. The predicted octanol–water partition coefficient (Wildman–Crippen LogP) is 1.36. The molecule has 18 heavy (non-hydrogen) atoms. The number of carboxylic acids is 1. The topological polar surface area (TPSA) is 91.3 Å². The second-order valence-corrected chi connectivity index (χ2v) is 4.96. The third-order valence-electron chi connectivity index (χ3n) is 2.35. The second-order valence-electron chi connectivity index (χ2n) is 4.02. The SMILES string of the molecule is Cc1csc(CNC(=O)NCCC(C)C(=O)O)n1. The van der Waals surface area contributed by atoms with Crippen molar-refractivity contribution >= 4 is 23.3 Å². The van der Waals surface area contributed by atoms with Crippen molar-refractivity contribution in [3.05, 3.63) is 16.1 Å². The van der Waals surface area contributed by atoms with Crippen molar-refractivity contribution in [2.45, 2.75) is 26.8 Å². The lowest BCUT2D eigenvalue weighted by Gasteiger charge is -2.08. The number of urea groups is 1. The molecule has 0 aliphatic rings. The molecule has 3 N–H and O–H groups in total. The normalized spacial score (nSPS) is 11.9. The fraction of sp³-hybridized carbons (Fsp3) is 0.545. The van der Waals surface area contributed by atoms with Crippen molar-refractivity contribution < 1.29 is 14.7 Å².